The molecule has 1 aromatic heterocycles. The van der Waals surface area contributed by atoms with Crippen molar-refractivity contribution in [1.82, 2.24) is 9.88 Å². The highest BCUT2D eigenvalue weighted by atomic mass is 35.5. The van der Waals surface area contributed by atoms with Crippen molar-refractivity contribution in [2.45, 2.75) is 19.4 Å². The first-order valence-electron chi connectivity index (χ1n) is 7.12. The minimum Gasteiger partial charge on any atom is -0.481 e. The number of likely N-dealkylation sites (tertiary alicyclic amines) is 1. The molecule has 1 atom stereocenters. The predicted octanol–water partition coefficient (Wildman–Crippen LogP) is 3.18. The number of nitrogens with zero attached hydrogens (tertiary/aromatic N) is 2. The lowest BCUT2D eigenvalue weighted by Gasteiger charge is -2.30. The number of carboxylic acid groups (broad SMARTS) is 1. The number of hydrogen-bond donors (Lipinski definition) is 1. The van der Waals surface area contributed by atoms with Crippen LogP contribution >= 0.6 is 11.6 Å². The van der Waals surface area contributed by atoms with Gasteiger partial charge in [-0.05, 0) is 43.1 Å². The number of aliphatic carboxylic acids is 1. The van der Waals surface area contributed by atoms with Crippen LogP contribution in [0.1, 0.15) is 18.4 Å². The Labute approximate surface area is 128 Å². The maximum Gasteiger partial charge on any atom is 0.307 e. The van der Waals surface area contributed by atoms with Crippen molar-refractivity contribution in [2.24, 2.45) is 5.92 Å². The number of carboxylic acids is 1. The first-order chi connectivity index (χ1) is 10.1. The molecule has 3 rings (SSSR count). The molecule has 1 N–H and O–H groups in total. The normalized spacial score (nSPS) is 19.8. The Morgan fingerprint density at radius 3 is 3.10 bits per heavy atom. The first-order valence-corrected chi connectivity index (χ1v) is 7.50. The molecule has 2 heterocycles. The molecule has 4 nitrogen and oxygen atoms in total. The molecule has 21 heavy (non-hydrogen) atoms. The van der Waals surface area contributed by atoms with Gasteiger partial charge in [0.1, 0.15) is 0 Å². The van der Waals surface area contributed by atoms with Gasteiger partial charge in [0.2, 0.25) is 0 Å². The molecule has 1 aliphatic rings. The van der Waals surface area contributed by atoms with E-state index in [4.69, 9.17) is 11.6 Å². The number of piperidine rings is 1. The van der Waals surface area contributed by atoms with Crippen LogP contribution in [0.3, 0.4) is 0 Å². The van der Waals surface area contributed by atoms with Crippen molar-refractivity contribution in [3.63, 3.8) is 0 Å². The average Bonchev–Trinajstić information content (AvgIpc) is 2.51. The lowest BCUT2D eigenvalue weighted by atomic mass is 9.97. The number of carbonyl (C=O) groups is 1. The van der Waals surface area contributed by atoms with E-state index in [9.17, 15) is 9.90 Å². The summed E-state index contributed by atoms with van der Waals surface area (Å²) >= 11 is 6.21. The van der Waals surface area contributed by atoms with Crippen LogP contribution in [-0.2, 0) is 11.3 Å². The van der Waals surface area contributed by atoms with Gasteiger partial charge in [-0.25, -0.2) is 0 Å². The Bertz CT molecular complexity index is 674. The zero-order valence-corrected chi connectivity index (χ0v) is 12.4. The first kappa shape index (κ1) is 14.3. The number of aromatic nitrogens is 1. The van der Waals surface area contributed by atoms with Gasteiger partial charge in [0.05, 0.1) is 11.4 Å². The minimum absolute atomic E-state index is 0.259. The topological polar surface area (TPSA) is 53.4 Å². The monoisotopic (exact) mass is 304 g/mol. The Morgan fingerprint density at radius 1 is 1.43 bits per heavy atom. The van der Waals surface area contributed by atoms with Crippen molar-refractivity contribution in [2.75, 3.05) is 13.1 Å². The van der Waals surface area contributed by atoms with E-state index in [1.165, 1.54) is 0 Å². The summed E-state index contributed by atoms with van der Waals surface area (Å²) in [4.78, 5) is 17.8. The Morgan fingerprint density at radius 2 is 2.29 bits per heavy atom. The molecule has 0 radical (unpaired) electrons. The summed E-state index contributed by atoms with van der Waals surface area (Å²) in [5.74, 6) is -0.955. The zero-order valence-electron chi connectivity index (χ0n) is 11.6. The van der Waals surface area contributed by atoms with E-state index in [1.54, 1.807) is 6.20 Å². The fourth-order valence-corrected chi connectivity index (χ4v) is 3.18. The smallest absolute Gasteiger partial charge is 0.307 e. The van der Waals surface area contributed by atoms with Crippen molar-refractivity contribution in [3.05, 3.63) is 41.0 Å². The summed E-state index contributed by atoms with van der Waals surface area (Å²) in [6, 6.07) is 7.71. The van der Waals surface area contributed by atoms with Crippen molar-refractivity contribution in [3.8, 4) is 0 Å². The highest BCUT2D eigenvalue weighted by Gasteiger charge is 2.25. The van der Waals surface area contributed by atoms with Crippen molar-refractivity contribution >= 4 is 28.5 Å². The number of halogens is 1. The Kier molecular flexibility index (Phi) is 4.08. The summed E-state index contributed by atoms with van der Waals surface area (Å²) in [6.45, 7) is 2.25. The number of pyridine rings is 1. The lowest BCUT2D eigenvalue weighted by molar-refractivity contribution is -0.143. The second-order valence-electron chi connectivity index (χ2n) is 5.52. The molecule has 110 valence electrons. The number of rotatable bonds is 3. The molecule has 1 aromatic carbocycles. The molecule has 1 fully saturated rings. The van der Waals surface area contributed by atoms with Crippen LogP contribution in [0, 0.1) is 5.92 Å². The molecule has 1 unspecified atom stereocenters. The second-order valence-corrected chi connectivity index (χ2v) is 5.93. The van der Waals surface area contributed by atoms with Crippen LogP contribution in [0.5, 0.6) is 0 Å². The van der Waals surface area contributed by atoms with Crippen LogP contribution in [0.2, 0.25) is 5.02 Å². The molecular formula is C16H17ClN2O2. The third kappa shape index (κ3) is 3.01. The highest BCUT2D eigenvalue weighted by molar-refractivity contribution is 6.35. The van der Waals surface area contributed by atoms with Gasteiger partial charge in [0, 0.05) is 29.7 Å². The van der Waals surface area contributed by atoms with Crippen LogP contribution in [-0.4, -0.2) is 34.0 Å². The Hall–Kier alpha value is -1.65. The summed E-state index contributed by atoms with van der Waals surface area (Å²) in [6.07, 6.45) is 3.46. The predicted molar refractivity (Wildman–Crippen MR) is 82.4 cm³/mol. The summed E-state index contributed by atoms with van der Waals surface area (Å²) < 4.78 is 0. The lowest BCUT2D eigenvalue weighted by Crippen LogP contribution is -2.38. The minimum atomic E-state index is -0.696. The van der Waals surface area contributed by atoms with Crippen molar-refractivity contribution in [1.29, 1.82) is 0 Å². The van der Waals surface area contributed by atoms with E-state index in [2.05, 4.69) is 9.88 Å². The molecule has 0 spiro atoms. The fourth-order valence-electron chi connectivity index (χ4n) is 2.97. The van der Waals surface area contributed by atoms with Crippen LogP contribution < -0.4 is 0 Å². The SMILES string of the molecule is O=C(O)C1CCCN(Cc2ccc(Cl)c3cccnc23)C1. The summed E-state index contributed by atoms with van der Waals surface area (Å²) in [7, 11) is 0. The van der Waals surface area contributed by atoms with Gasteiger partial charge >= 0.3 is 5.97 Å². The fraction of sp³-hybridized carbons (Fsp3) is 0.375. The largest absolute Gasteiger partial charge is 0.481 e. The van der Waals surface area contributed by atoms with E-state index < -0.39 is 5.97 Å². The van der Waals surface area contributed by atoms with Gasteiger partial charge in [-0.1, -0.05) is 17.7 Å². The number of fused-ring (bicyclic) bond motifs is 1. The van der Waals surface area contributed by atoms with Gasteiger partial charge in [-0.2, -0.15) is 0 Å². The second kappa shape index (κ2) is 6.00. The van der Waals surface area contributed by atoms with Crippen LogP contribution in [0.15, 0.2) is 30.5 Å². The zero-order chi connectivity index (χ0) is 14.8. The highest BCUT2D eigenvalue weighted by Crippen LogP contribution is 2.27. The summed E-state index contributed by atoms with van der Waals surface area (Å²) in [5, 5.41) is 10.8. The van der Waals surface area contributed by atoms with Gasteiger partial charge in [-0.3, -0.25) is 14.7 Å². The Balaban J connectivity index is 1.85. The van der Waals surface area contributed by atoms with Gasteiger partial charge in [0.25, 0.3) is 0 Å². The standard InChI is InChI=1S/C16H17ClN2O2/c17-14-6-5-11(15-13(14)4-1-7-18-15)9-19-8-2-3-12(10-19)16(20)21/h1,4-7,12H,2-3,8-10H2,(H,20,21). The average molecular weight is 305 g/mol. The number of hydrogen-bond acceptors (Lipinski definition) is 3. The third-order valence-corrected chi connectivity index (χ3v) is 4.38. The quantitative estimate of drug-likeness (QED) is 0.946. The molecule has 0 aliphatic carbocycles. The number of benzene rings is 1. The van der Waals surface area contributed by atoms with E-state index in [0.717, 1.165) is 35.9 Å². The maximum absolute atomic E-state index is 11.2. The van der Waals surface area contributed by atoms with E-state index >= 15 is 0 Å². The van der Waals surface area contributed by atoms with Gasteiger partial charge < -0.3 is 5.11 Å². The molecule has 1 saturated heterocycles. The van der Waals surface area contributed by atoms with Crippen LogP contribution in [0.25, 0.3) is 10.9 Å². The van der Waals surface area contributed by atoms with E-state index in [0.29, 0.717) is 18.1 Å². The molecule has 0 amide bonds. The molecule has 0 bridgehead atoms. The summed E-state index contributed by atoms with van der Waals surface area (Å²) in [5.41, 5.74) is 2.00. The molecule has 5 heteroatoms. The maximum atomic E-state index is 11.2. The van der Waals surface area contributed by atoms with Crippen molar-refractivity contribution < 1.29 is 9.90 Å². The molecular weight excluding hydrogens is 288 g/mol. The molecule has 0 saturated carbocycles. The van der Waals surface area contributed by atoms with Gasteiger partial charge in [-0.15, -0.1) is 0 Å². The third-order valence-electron chi connectivity index (χ3n) is 4.05. The van der Waals surface area contributed by atoms with E-state index in [1.807, 2.05) is 24.3 Å². The van der Waals surface area contributed by atoms with E-state index in [-0.39, 0.29) is 5.92 Å². The van der Waals surface area contributed by atoms with Crippen LogP contribution in [0.4, 0.5) is 0 Å². The molecule has 2 aromatic rings. The molecule has 1 aliphatic heterocycles. The van der Waals surface area contributed by atoms with Gasteiger partial charge in [0.15, 0.2) is 0 Å².